The molecular formula is C10H18N6O. The molecule has 0 aliphatic carbocycles. The molecule has 1 unspecified atom stereocenters. The molecule has 94 valence electrons. The van der Waals surface area contributed by atoms with Crippen LogP contribution in [-0.2, 0) is 4.74 Å². The molecule has 7 heteroatoms. The molecule has 7 nitrogen and oxygen atoms in total. The largest absolute Gasteiger partial charge is 0.354 e. The second kappa shape index (κ2) is 6.70. The lowest BCUT2D eigenvalue weighted by molar-refractivity contribution is 0.0701. The lowest BCUT2D eigenvalue weighted by Gasteiger charge is -2.26. The van der Waals surface area contributed by atoms with Crippen LogP contribution in [0, 0.1) is 11.3 Å². The summed E-state index contributed by atoms with van der Waals surface area (Å²) < 4.78 is 5.20. The molecular weight excluding hydrogens is 220 g/mol. The molecule has 0 saturated carbocycles. The van der Waals surface area contributed by atoms with E-state index < -0.39 is 6.35 Å². The molecule has 0 bridgehead atoms. The molecule has 0 amide bonds. The van der Waals surface area contributed by atoms with Crippen molar-refractivity contribution in [3.05, 3.63) is 0 Å². The lowest BCUT2D eigenvalue weighted by atomic mass is 10.4. The zero-order valence-corrected chi connectivity index (χ0v) is 10.3. The second-order valence-corrected chi connectivity index (χ2v) is 3.69. The second-order valence-electron chi connectivity index (χ2n) is 3.69. The zero-order chi connectivity index (χ0) is 12.7. The molecule has 0 aromatic heterocycles. The van der Waals surface area contributed by atoms with Crippen molar-refractivity contribution in [2.24, 2.45) is 9.98 Å². The summed E-state index contributed by atoms with van der Waals surface area (Å²) in [4.78, 5) is 8.43. The van der Waals surface area contributed by atoms with Crippen molar-refractivity contribution in [3.8, 4) is 6.07 Å². The molecule has 1 aliphatic rings. The lowest BCUT2D eigenvalue weighted by Crippen LogP contribution is -2.56. The van der Waals surface area contributed by atoms with Gasteiger partial charge in [0.2, 0.25) is 18.3 Å². The minimum absolute atomic E-state index is 0.0183. The van der Waals surface area contributed by atoms with Crippen LogP contribution >= 0.6 is 0 Å². The Morgan fingerprint density at radius 3 is 3.00 bits per heavy atom. The normalized spacial score (nSPS) is 21.5. The number of nitriles is 1. The Kier molecular flexibility index (Phi) is 5.23. The Morgan fingerprint density at radius 2 is 2.41 bits per heavy atom. The van der Waals surface area contributed by atoms with E-state index in [1.54, 1.807) is 0 Å². The van der Waals surface area contributed by atoms with Gasteiger partial charge in [-0.25, -0.2) is 4.99 Å². The van der Waals surface area contributed by atoms with Crippen LogP contribution in [0.3, 0.4) is 0 Å². The maximum absolute atomic E-state index is 8.46. The Morgan fingerprint density at radius 1 is 1.65 bits per heavy atom. The van der Waals surface area contributed by atoms with Crippen molar-refractivity contribution in [3.63, 3.8) is 0 Å². The summed E-state index contributed by atoms with van der Waals surface area (Å²) in [5.74, 6) is 1.18. The molecule has 0 spiro atoms. The Labute approximate surface area is 101 Å². The third kappa shape index (κ3) is 4.70. The van der Waals surface area contributed by atoms with Crippen LogP contribution in [0.5, 0.6) is 0 Å². The molecule has 3 N–H and O–H groups in total. The van der Waals surface area contributed by atoms with E-state index in [2.05, 4.69) is 25.9 Å². The van der Waals surface area contributed by atoms with Gasteiger partial charge in [0.05, 0.1) is 6.07 Å². The number of hydrogen-bond donors (Lipinski definition) is 3. The summed E-state index contributed by atoms with van der Waals surface area (Å²) in [5.41, 5.74) is 0. The molecule has 0 aromatic carbocycles. The number of rotatable bonds is 4. The van der Waals surface area contributed by atoms with E-state index in [4.69, 9.17) is 10.00 Å². The first-order chi connectivity index (χ1) is 8.15. The van der Waals surface area contributed by atoms with Gasteiger partial charge in [-0.15, -0.1) is 0 Å². The number of nitrogens with one attached hydrogen (secondary N) is 3. The number of guanidine groups is 2. The quantitative estimate of drug-likeness (QED) is 0.627. The molecule has 0 radical (unpaired) electrons. The highest BCUT2D eigenvalue weighted by Gasteiger charge is 2.18. The van der Waals surface area contributed by atoms with Gasteiger partial charge in [0.15, 0.2) is 0 Å². The van der Waals surface area contributed by atoms with E-state index in [0.29, 0.717) is 18.5 Å². The van der Waals surface area contributed by atoms with Gasteiger partial charge >= 0.3 is 0 Å². The van der Waals surface area contributed by atoms with Gasteiger partial charge in [0.1, 0.15) is 6.61 Å². The third-order valence-electron chi connectivity index (χ3n) is 1.79. The van der Waals surface area contributed by atoms with Gasteiger partial charge in [0, 0.05) is 12.6 Å². The molecule has 0 aromatic rings. The van der Waals surface area contributed by atoms with Gasteiger partial charge in [-0.3, -0.25) is 10.3 Å². The predicted molar refractivity (Wildman–Crippen MR) is 65.3 cm³/mol. The van der Waals surface area contributed by atoms with E-state index in [1.165, 1.54) is 0 Å². The highest BCUT2D eigenvalue weighted by atomic mass is 16.5. The van der Waals surface area contributed by atoms with Crippen LogP contribution in [0.25, 0.3) is 0 Å². The minimum atomic E-state index is -0.581. The Balaban J connectivity index is 2.69. The molecule has 1 atom stereocenters. The smallest absolute Gasteiger partial charge is 0.232 e. The van der Waals surface area contributed by atoms with Crippen molar-refractivity contribution < 1.29 is 4.74 Å². The molecule has 1 rings (SSSR count). The number of ether oxygens (including phenoxy) is 1. The molecule has 0 fully saturated rings. The van der Waals surface area contributed by atoms with Crippen molar-refractivity contribution in [2.75, 3.05) is 13.2 Å². The van der Waals surface area contributed by atoms with Crippen LogP contribution in [0.15, 0.2) is 9.98 Å². The number of nitrogens with zero attached hydrogens (tertiary/aromatic N) is 3. The summed E-state index contributed by atoms with van der Waals surface area (Å²) in [7, 11) is 0. The van der Waals surface area contributed by atoms with Gasteiger partial charge in [-0.05, 0) is 20.8 Å². The predicted octanol–water partition coefficient (Wildman–Crippen LogP) is -0.267. The summed E-state index contributed by atoms with van der Waals surface area (Å²) >= 11 is 0. The first kappa shape index (κ1) is 13.3. The Bertz CT molecular complexity index is 343. The highest BCUT2D eigenvalue weighted by Crippen LogP contribution is 1.96. The van der Waals surface area contributed by atoms with Crippen molar-refractivity contribution in [1.82, 2.24) is 16.0 Å². The third-order valence-corrected chi connectivity index (χ3v) is 1.79. The average Bonchev–Trinajstić information content (AvgIpc) is 2.25. The number of hydrogen-bond acceptors (Lipinski definition) is 5. The summed E-state index contributed by atoms with van der Waals surface area (Å²) in [5, 5.41) is 17.5. The average molecular weight is 238 g/mol. The van der Waals surface area contributed by atoms with Gasteiger partial charge in [0.25, 0.3) is 0 Å². The van der Waals surface area contributed by atoms with Gasteiger partial charge in [-0.1, -0.05) is 0 Å². The van der Waals surface area contributed by atoms with Crippen LogP contribution in [-0.4, -0.2) is 37.5 Å². The highest BCUT2D eigenvalue weighted by molar-refractivity contribution is 6.00. The fraction of sp³-hybridized carbons (Fsp3) is 0.700. The van der Waals surface area contributed by atoms with E-state index in [1.807, 2.05) is 26.8 Å². The zero-order valence-electron chi connectivity index (χ0n) is 10.3. The Hall–Kier alpha value is -1.81. The first-order valence-corrected chi connectivity index (χ1v) is 5.56. The maximum atomic E-state index is 8.46. The molecule has 1 heterocycles. The maximum Gasteiger partial charge on any atom is 0.232 e. The van der Waals surface area contributed by atoms with Gasteiger partial charge < -0.3 is 15.4 Å². The van der Waals surface area contributed by atoms with E-state index >= 15 is 0 Å². The minimum Gasteiger partial charge on any atom is -0.354 e. The van der Waals surface area contributed by atoms with E-state index in [-0.39, 0.29) is 12.6 Å². The summed E-state index contributed by atoms with van der Waals surface area (Å²) in [6, 6.07) is 2.15. The SMILES string of the molecule is CCN=C1NC(NC(C)C)=NC(OCC#N)N1. The van der Waals surface area contributed by atoms with Crippen LogP contribution in [0.2, 0.25) is 0 Å². The molecule has 1 aliphatic heterocycles. The van der Waals surface area contributed by atoms with Crippen LogP contribution < -0.4 is 16.0 Å². The van der Waals surface area contributed by atoms with Gasteiger partial charge in [-0.2, -0.15) is 5.26 Å². The molecule has 0 saturated heterocycles. The first-order valence-electron chi connectivity index (χ1n) is 5.56. The summed E-state index contributed by atoms with van der Waals surface area (Å²) in [6.07, 6.45) is -0.581. The van der Waals surface area contributed by atoms with E-state index in [9.17, 15) is 0 Å². The van der Waals surface area contributed by atoms with Crippen molar-refractivity contribution in [1.29, 1.82) is 5.26 Å². The van der Waals surface area contributed by atoms with Crippen LogP contribution in [0.4, 0.5) is 0 Å². The number of aliphatic imine (C=N–C) groups is 2. The standard InChI is InChI=1S/C10H18N6O/c1-4-12-8-14-9(13-7(2)3)16-10(15-8)17-6-5-11/h7,10H,4,6H2,1-3H3,(H3,12,13,14,15,16). The summed E-state index contributed by atoms with van der Waals surface area (Å²) in [6.45, 7) is 6.58. The van der Waals surface area contributed by atoms with E-state index in [0.717, 1.165) is 0 Å². The topological polar surface area (TPSA) is 93.8 Å². The van der Waals surface area contributed by atoms with Crippen molar-refractivity contribution >= 4 is 11.9 Å². The fourth-order valence-corrected chi connectivity index (χ4v) is 1.23. The molecule has 17 heavy (non-hydrogen) atoms. The van der Waals surface area contributed by atoms with Crippen molar-refractivity contribution in [2.45, 2.75) is 33.2 Å². The fourth-order valence-electron chi connectivity index (χ4n) is 1.23. The monoisotopic (exact) mass is 238 g/mol. The van der Waals surface area contributed by atoms with Crippen LogP contribution in [0.1, 0.15) is 20.8 Å².